The summed E-state index contributed by atoms with van der Waals surface area (Å²) >= 11 is 6.36. The van der Waals surface area contributed by atoms with Gasteiger partial charge in [-0.1, -0.05) is 18.0 Å². The van der Waals surface area contributed by atoms with Crippen LogP contribution in [0.2, 0.25) is 5.02 Å². The van der Waals surface area contributed by atoms with E-state index in [0.717, 1.165) is 25.9 Å². The summed E-state index contributed by atoms with van der Waals surface area (Å²) in [6.45, 7) is 4.99. The lowest BCUT2D eigenvalue weighted by Crippen LogP contribution is -2.48. The van der Waals surface area contributed by atoms with E-state index in [4.69, 9.17) is 25.8 Å². The SMILES string of the molecule is COCCNc1nc(Nc2ccc(C(=O)N3CCC(N4CCCCC4)CC3)c3c2OCO3)nc2[nH]cc(Cl)c12. The van der Waals surface area contributed by atoms with Gasteiger partial charge in [-0.25, -0.2) is 0 Å². The number of likely N-dealkylation sites (tertiary alicyclic amines) is 2. The number of fused-ring (bicyclic) bond motifs is 2. The molecular formula is C27H34ClN7O4. The van der Waals surface area contributed by atoms with E-state index in [9.17, 15) is 4.79 Å². The van der Waals surface area contributed by atoms with Crippen LogP contribution < -0.4 is 20.1 Å². The monoisotopic (exact) mass is 555 g/mol. The lowest BCUT2D eigenvalue weighted by atomic mass is 9.99. The van der Waals surface area contributed by atoms with E-state index in [1.165, 1.54) is 32.4 Å². The molecule has 208 valence electrons. The zero-order valence-electron chi connectivity index (χ0n) is 22.1. The second kappa shape index (κ2) is 11.4. The molecule has 12 heteroatoms. The number of piperidine rings is 2. The van der Waals surface area contributed by atoms with Crippen molar-refractivity contribution in [2.75, 3.05) is 63.9 Å². The number of H-pyrrole nitrogens is 1. The van der Waals surface area contributed by atoms with Crippen molar-refractivity contribution < 1.29 is 19.0 Å². The first kappa shape index (κ1) is 26.0. The van der Waals surface area contributed by atoms with Gasteiger partial charge in [0, 0.05) is 39.0 Å². The average molecular weight is 556 g/mol. The summed E-state index contributed by atoms with van der Waals surface area (Å²) in [6.07, 6.45) is 7.59. The molecule has 0 unspecified atom stereocenters. The Bertz CT molecular complexity index is 1340. The molecule has 3 N–H and O–H groups in total. The Balaban J connectivity index is 1.19. The molecule has 5 heterocycles. The highest BCUT2D eigenvalue weighted by Gasteiger charge is 2.32. The first-order valence-electron chi connectivity index (χ1n) is 13.6. The minimum absolute atomic E-state index is 0.0243. The van der Waals surface area contributed by atoms with Crippen LogP contribution in [-0.2, 0) is 4.74 Å². The summed E-state index contributed by atoms with van der Waals surface area (Å²) in [5.74, 6) is 1.83. The van der Waals surface area contributed by atoms with Crippen LogP contribution in [0, 0.1) is 0 Å². The molecule has 0 aliphatic carbocycles. The number of nitrogens with zero attached hydrogens (tertiary/aromatic N) is 4. The van der Waals surface area contributed by atoms with Gasteiger partial charge in [-0.2, -0.15) is 9.97 Å². The number of nitrogens with one attached hydrogen (secondary N) is 3. The van der Waals surface area contributed by atoms with E-state index in [1.54, 1.807) is 19.4 Å². The molecule has 39 heavy (non-hydrogen) atoms. The van der Waals surface area contributed by atoms with E-state index in [2.05, 4.69) is 30.5 Å². The third kappa shape index (κ3) is 5.30. The topological polar surface area (TPSA) is 117 Å². The standard InChI is InChI=1S/C27H34ClN7O4/c1-37-14-9-29-24-21-19(28)15-30-25(21)33-27(32-24)31-20-6-5-18(22-23(20)39-16-38-22)26(36)35-12-7-17(8-13-35)34-10-3-2-4-11-34/h5-6,15,17H,2-4,7-14,16H2,1H3,(H3,29,30,31,32,33). The normalized spacial score (nSPS) is 18.1. The van der Waals surface area contributed by atoms with Crippen molar-refractivity contribution in [1.29, 1.82) is 0 Å². The van der Waals surface area contributed by atoms with Gasteiger partial charge in [0.25, 0.3) is 5.91 Å². The predicted molar refractivity (Wildman–Crippen MR) is 149 cm³/mol. The van der Waals surface area contributed by atoms with Gasteiger partial charge in [0.1, 0.15) is 11.5 Å². The van der Waals surface area contributed by atoms with E-state index in [1.807, 2.05) is 11.0 Å². The molecule has 0 bridgehead atoms. The summed E-state index contributed by atoms with van der Waals surface area (Å²) < 4.78 is 16.7. The Morgan fingerprint density at radius 3 is 2.72 bits per heavy atom. The fourth-order valence-corrected chi connectivity index (χ4v) is 5.96. The first-order chi connectivity index (χ1) is 19.1. The Hall–Kier alpha value is -3.28. The number of rotatable bonds is 8. The molecule has 3 aromatic rings. The molecular weight excluding hydrogens is 522 g/mol. The third-order valence-corrected chi connectivity index (χ3v) is 8.03. The van der Waals surface area contributed by atoms with E-state index >= 15 is 0 Å². The van der Waals surface area contributed by atoms with Gasteiger partial charge in [-0.3, -0.25) is 4.79 Å². The van der Waals surface area contributed by atoms with E-state index in [0.29, 0.717) is 69.8 Å². The highest BCUT2D eigenvalue weighted by Crippen LogP contribution is 2.44. The third-order valence-electron chi connectivity index (χ3n) is 7.74. The molecule has 2 aromatic heterocycles. The fraction of sp³-hybridized carbons (Fsp3) is 0.519. The highest BCUT2D eigenvalue weighted by molar-refractivity contribution is 6.36. The van der Waals surface area contributed by atoms with Crippen LogP contribution in [0.25, 0.3) is 11.0 Å². The molecule has 1 amide bonds. The molecule has 0 atom stereocenters. The summed E-state index contributed by atoms with van der Waals surface area (Å²) in [7, 11) is 1.64. The number of methoxy groups -OCH3 is 1. The highest BCUT2D eigenvalue weighted by atomic mass is 35.5. The van der Waals surface area contributed by atoms with Crippen molar-refractivity contribution in [3.8, 4) is 11.5 Å². The van der Waals surface area contributed by atoms with Gasteiger partial charge >= 0.3 is 0 Å². The zero-order chi connectivity index (χ0) is 26.8. The fourth-order valence-electron chi connectivity index (χ4n) is 5.72. The smallest absolute Gasteiger partial charge is 0.257 e. The largest absolute Gasteiger partial charge is 0.453 e. The maximum atomic E-state index is 13.5. The van der Waals surface area contributed by atoms with E-state index < -0.39 is 0 Å². The van der Waals surface area contributed by atoms with Gasteiger partial charge < -0.3 is 39.6 Å². The number of ether oxygens (including phenoxy) is 3. The van der Waals surface area contributed by atoms with Crippen molar-refractivity contribution in [3.05, 3.63) is 28.9 Å². The van der Waals surface area contributed by atoms with Gasteiger partial charge in [-0.05, 0) is 50.9 Å². The quantitative estimate of drug-likeness (QED) is 0.351. The number of hydrogen-bond acceptors (Lipinski definition) is 9. The Morgan fingerprint density at radius 1 is 1.13 bits per heavy atom. The van der Waals surface area contributed by atoms with Crippen LogP contribution in [0.1, 0.15) is 42.5 Å². The molecule has 0 saturated carbocycles. The number of aromatic amines is 1. The van der Waals surface area contributed by atoms with Crippen molar-refractivity contribution in [1.82, 2.24) is 24.8 Å². The van der Waals surface area contributed by atoms with Gasteiger partial charge in [0.05, 0.1) is 28.3 Å². The number of carbonyl (C=O) groups is 1. The van der Waals surface area contributed by atoms with E-state index in [-0.39, 0.29) is 12.7 Å². The second-order valence-corrected chi connectivity index (χ2v) is 10.6. The maximum Gasteiger partial charge on any atom is 0.257 e. The lowest BCUT2D eigenvalue weighted by Gasteiger charge is -2.40. The Labute approximate surface area is 232 Å². The predicted octanol–water partition coefficient (Wildman–Crippen LogP) is 4.23. The Kier molecular flexibility index (Phi) is 7.62. The molecule has 11 nitrogen and oxygen atoms in total. The molecule has 0 radical (unpaired) electrons. The van der Waals surface area contributed by atoms with Crippen LogP contribution >= 0.6 is 11.6 Å². The van der Waals surface area contributed by atoms with Crippen LogP contribution in [0.3, 0.4) is 0 Å². The minimum Gasteiger partial charge on any atom is -0.453 e. The number of hydrogen-bond donors (Lipinski definition) is 3. The molecule has 2 fully saturated rings. The number of amides is 1. The van der Waals surface area contributed by atoms with Crippen molar-refractivity contribution in [2.45, 2.75) is 38.1 Å². The average Bonchev–Trinajstić information content (AvgIpc) is 3.61. The van der Waals surface area contributed by atoms with Crippen molar-refractivity contribution in [2.24, 2.45) is 0 Å². The van der Waals surface area contributed by atoms with Gasteiger partial charge in [-0.15, -0.1) is 0 Å². The van der Waals surface area contributed by atoms with Crippen LogP contribution in [0.4, 0.5) is 17.5 Å². The summed E-state index contributed by atoms with van der Waals surface area (Å²) in [4.78, 5) is 30.4. The minimum atomic E-state index is -0.0243. The molecule has 3 aliphatic rings. The van der Waals surface area contributed by atoms with Gasteiger partial charge in [0.15, 0.2) is 11.5 Å². The summed E-state index contributed by atoms with van der Waals surface area (Å²) in [6, 6.07) is 4.18. The van der Waals surface area contributed by atoms with Crippen LogP contribution in [0.15, 0.2) is 18.3 Å². The zero-order valence-corrected chi connectivity index (χ0v) is 22.9. The molecule has 2 saturated heterocycles. The van der Waals surface area contributed by atoms with Gasteiger partial charge in [0.2, 0.25) is 12.7 Å². The van der Waals surface area contributed by atoms with Crippen molar-refractivity contribution in [3.63, 3.8) is 0 Å². The summed E-state index contributed by atoms with van der Waals surface area (Å²) in [5.41, 5.74) is 1.72. The number of aromatic nitrogens is 3. The van der Waals surface area contributed by atoms with Crippen molar-refractivity contribution >= 4 is 46.0 Å². The van der Waals surface area contributed by atoms with Crippen LogP contribution in [0.5, 0.6) is 11.5 Å². The molecule has 3 aliphatic heterocycles. The maximum absolute atomic E-state index is 13.5. The number of carbonyl (C=O) groups excluding carboxylic acids is 1. The number of benzene rings is 1. The first-order valence-corrected chi connectivity index (χ1v) is 14.0. The molecule has 0 spiro atoms. The number of anilines is 3. The van der Waals surface area contributed by atoms with Crippen LogP contribution in [-0.4, -0.2) is 89.9 Å². The second-order valence-electron chi connectivity index (χ2n) is 10.1. The summed E-state index contributed by atoms with van der Waals surface area (Å²) in [5, 5.41) is 7.71. The lowest BCUT2D eigenvalue weighted by molar-refractivity contribution is 0.0586. The number of halogens is 1. The molecule has 6 rings (SSSR count). The molecule has 1 aromatic carbocycles. The Morgan fingerprint density at radius 2 is 1.92 bits per heavy atom.